The monoisotopic (exact) mass is 181 g/mol. The van der Waals surface area contributed by atoms with Crippen molar-refractivity contribution in [3.8, 4) is 12.3 Å². The van der Waals surface area contributed by atoms with Gasteiger partial charge >= 0.3 is 0 Å². The van der Waals surface area contributed by atoms with Gasteiger partial charge in [-0.1, -0.05) is 17.7 Å². The van der Waals surface area contributed by atoms with Gasteiger partial charge in [0.25, 0.3) is 5.56 Å². The number of terminal acetylenes is 1. The number of nitrogens with zero attached hydrogens (tertiary/aromatic N) is 3. The molecule has 0 aromatic carbocycles. The molecule has 0 aliphatic heterocycles. The zero-order valence-corrected chi connectivity index (χ0v) is 7.34. The fourth-order valence-electron chi connectivity index (χ4n) is 0.695. The second-order valence-electron chi connectivity index (χ2n) is 1.94. The quantitative estimate of drug-likeness (QED) is 0.475. The topological polar surface area (TPSA) is 47.8 Å². The van der Waals surface area contributed by atoms with Crippen LogP contribution in [0.15, 0.2) is 16.1 Å². The van der Waals surface area contributed by atoms with Crippen molar-refractivity contribution >= 4 is 11.8 Å². The van der Waals surface area contributed by atoms with Gasteiger partial charge in [0.1, 0.15) is 12.7 Å². The van der Waals surface area contributed by atoms with Crippen LogP contribution < -0.4 is 5.56 Å². The van der Waals surface area contributed by atoms with Gasteiger partial charge in [-0.2, -0.15) is 10.1 Å². The molecule has 4 nitrogen and oxygen atoms in total. The molecule has 12 heavy (non-hydrogen) atoms. The summed E-state index contributed by atoms with van der Waals surface area (Å²) in [5.41, 5.74) is -0.340. The van der Waals surface area contributed by atoms with E-state index in [2.05, 4.69) is 16.0 Å². The minimum atomic E-state index is -0.340. The van der Waals surface area contributed by atoms with Crippen molar-refractivity contribution in [2.75, 3.05) is 6.26 Å². The molecule has 0 amide bonds. The van der Waals surface area contributed by atoms with E-state index in [-0.39, 0.29) is 5.56 Å². The molecule has 0 N–H and O–H groups in total. The maximum absolute atomic E-state index is 10.8. The van der Waals surface area contributed by atoms with Crippen LogP contribution in [0.2, 0.25) is 0 Å². The Kier molecular flexibility index (Phi) is 2.88. The molecule has 0 saturated carbocycles. The minimum Gasteiger partial charge on any atom is -0.266 e. The normalized spacial score (nSPS) is 9.33. The summed E-state index contributed by atoms with van der Waals surface area (Å²) < 4.78 is 1.51. The lowest BCUT2D eigenvalue weighted by molar-refractivity contribution is 0.578. The predicted octanol–water partition coefficient (Wildman–Crippen LogP) is -0.00660. The molecule has 5 heteroatoms. The van der Waals surface area contributed by atoms with Crippen molar-refractivity contribution in [3.63, 3.8) is 0 Å². The van der Waals surface area contributed by atoms with Crippen molar-refractivity contribution in [1.29, 1.82) is 0 Å². The smallest absolute Gasteiger partial charge is 0.266 e. The first kappa shape index (κ1) is 8.81. The van der Waals surface area contributed by atoms with Crippen LogP contribution in [0, 0.1) is 12.3 Å². The first-order valence-electron chi connectivity index (χ1n) is 3.19. The summed E-state index contributed by atoms with van der Waals surface area (Å²) >= 11 is 1.34. The highest BCUT2D eigenvalue weighted by molar-refractivity contribution is 7.98. The SMILES string of the molecule is C#CCn1ncc(=O)nc1SC. The highest BCUT2D eigenvalue weighted by Crippen LogP contribution is 2.06. The summed E-state index contributed by atoms with van der Waals surface area (Å²) in [6.07, 6.45) is 8.06. The van der Waals surface area contributed by atoms with Gasteiger partial charge < -0.3 is 0 Å². The van der Waals surface area contributed by atoms with Gasteiger partial charge in [-0.3, -0.25) is 4.79 Å². The maximum Gasteiger partial charge on any atom is 0.292 e. The van der Waals surface area contributed by atoms with E-state index in [4.69, 9.17) is 6.42 Å². The lowest BCUT2D eigenvalue weighted by Crippen LogP contribution is -2.16. The Hall–Kier alpha value is -1.28. The third-order valence-corrected chi connectivity index (χ3v) is 1.83. The lowest BCUT2D eigenvalue weighted by atomic mass is 10.7. The zero-order valence-electron chi connectivity index (χ0n) is 6.52. The molecule has 0 aliphatic carbocycles. The molecule has 0 unspecified atom stereocenters. The van der Waals surface area contributed by atoms with Crippen LogP contribution in [0.5, 0.6) is 0 Å². The molecular formula is C7H7N3OS. The van der Waals surface area contributed by atoms with Crippen LogP contribution in [0.4, 0.5) is 0 Å². The van der Waals surface area contributed by atoms with E-state index in [1.807, 2.05) is 6.26 Å². The van der Waals surface area contributed by atoms with Crippen molar-refractivity contribution in [2.45, 2.75) is 11.7 Å². The average Bonchev–Trinajstić information content (AvgIpc) is 2.08. The van der Waals surface area contributed by atoms with Crippen LogP contribution >= 0.6 is 11.8 Å². The van der Waals surface area contributed by atoms with Crippen molar-refractivity contribution < 1.29 is 0 Å². The summed E-state index contributed by atoms with van der Waals surface area (Å²) in [5, 5.41) is 4.36. The molecule has 0 saturated heterocycles. The van der Waals surface area contributed by atoms with Gasteiger partial charge in [0, 0.05) is 0 Å². The molecule has 62 valence electrons. The highest BCUT2D eigenvalue weighted by atomic mass is 32.2. The highest BCUT2D eigenvalue weighted by Gasteiger charge is 1.99. The van der Waals surface area contributed by atoms with Crippen LogP contribution in [-0.4, -0.2) is 21.0 Å². The number of hydrogen-bond donors (Lipinski definition) is 0. The summed E-state index contributed by atoms with van der Waals surface area (Å²) in [6.45, 7) is 0.337. The summed E-state index contributed by atoms with van der Waals surface area (Å²) in [4.78, 5) is 14.5. The Labute approximate surface area is 74.0 Å². The first-order chi connectivity index (χ1) is 5.77. The molecule has 0 atom stereocenters. The lowest BCUT2D eigenvalue weighted by Gasteiger charge is -2.02. The van der Waals surface area contributed by atoms with Crippen molar-refractivity contribution in [1.82, 2.24) is 14.8 Å². The number of hydrogen-bond acceptors (Lipinski definition) is 4. The van der Waals surface area contributed by atoms with E-state index >= 15 is 0 Å². The molecule has 0 fully saturated rings. The largest absolute Gasteiger partial charge is 0.292 e. The third-order valence-electron chi connectivity index (χ3n) is 1.16. The zero-order chi connectivity index (χ0) is 8.97. The van der Waals surface area contributed by atoms with Crippen LogP contribution in [0.3, 0.4) is 0 Å². The van der Waals surface area contributed by atoms with Gasteiger partial charge in [0.2, 0.25) is 0 Å². The Morgan fingerprint density at radius 3 is 3.17 bits per heavy atom. The van der Waals surface area contributed by atoms with Gasteiger partial charge in [0.05, 0.1) is 0 Å². The molecule has 1 heterocycles. The molecule has 1 aromatic rings. The molecule has 1 rings (SSSR count). The second kappa shape index (κ2) is 3.93. The molecule has 0 spiro atoms. The second-order valence-corrected chi connectivity index (χ2v) is 2.72. The number of aromatic nitrogens is 3. The van der Waals surface area contributed by atoms with E-state index in [0.717, 1.165) is 6.20 Å². The van der Waals surface area contributed by atoms with E-state index in [1.165, 1.54) is 16.4 Å². The molecule has 1 aromatic heterocycles. The van der Waals surface area contributed by atoms with Gasteiger partial charge in [0.15, 0.2) is 5.16 Å². The van der Waals surface area contributed by atoms with Gasteiger partial charge in [-0.25, -0.2) is 4.68 Å². The van der Waals surface area contributed by atoms with E-state index in [0.29, 0.717) is 11.7 Å². The van der Waals surface area contributed by atoms with Crippen LogP contribution in [0.25, 0.3) is 0 Å². The average molecular weight is 181 g/mol. The third kappa shape index (κ3) is 1.86. The maximum atomic E-state index is 10.8. The summed E-state index contributed by atoms with van der Waals surface area (Å²) in [6, 6.07) is 0. The summed E-state index contributed by atoms with van der Waals surface area (Å²) in [5.74, 6) is 2.42. The van der Waals surface area contributed by atoms with Crippen LogP contribution in [-0.2, 0) is 6.54 Å². The van der Waals surface area contributed by atoms with Gasteiger partial charge in [-0.05, 0) is 6.26 Å². The Balaban J connectivity index is 3.13. The first-order valence-corrected chi connectivity index (χ1v) is 4.42. The fraction of sp³-hybridized carbons (Fsp3) is 0.286. The molecule has 0 radical (unpaired) electrons. The van der Waals surface area contributed by atoms with Gasteiger partial charge in [-0.15, -0.1) is 6.42 Å². The Morgan fingerprint density at radius 2 is 2.58 bits per heavy atom. The van der Waals surface area contributed by atoms with Crippen molar-refractivity contribution in [3.05, 3.63) is 16.6 Å². The molecule has 0 aliphatic rings. The standard InChI is InChI=1S/C7H7N3OS/c1-3-4-10-7(12-2)9-6(11)5-8-10/h1,5H,4H2,2H3. The number of thioether (sulfide) groups is 1. The number of rotatable bonds is 2. The Morgan fingerprint density at radius 1 is 1.83 bits per heavy atom. The van der Waals surface area contributed by atoms with E-state index in [1.54, 1.807) is 0 Å². The van der Waals surface area contributed by atoms with E-state index < -0.39 is 0 Å². The summed E-state index contributed by atoms with van der Waals surface area (Å²) in [7, 11) is 0. The predicted molar refractivity (Wildman–Crippen MR) is 46.9 cm³/mol. The molecular weight excluding hydrogens is 174 g/mol. The fourth-order valence-corrected chi connectivity index (χ4v) is 1.20. The van der Waals surface area contributed by atoms with Crippen molar-refractivity contribution in [2.24, 2.45) is 0 Å². The molecule has 0 bridgehead atoms. The minimum absolute atomic E-state index is 0.337. The van der Waals surface area contributed by atoms with E-state index in [9.17, 15) is 4.79 Å². The van der Waals surface area contributed by atoms with Crippen LogP contribution in [0.1, 0.15) is 0 Å². The Bertz CT molecular complexity index is 366.